The van der Waals surface area contributed by atoms with Crippen molar-refractivity contribution in [2.24, 2.45) is 0 Å². The Morgan fingerprint density at radius 1 is 1.09 bits per heavy atom. The van der Waals surface area contributed by atoms with Crippen molar-refractivity contribution in [3.05, 3.63) is 65.5 Å². The third-order valence-electron chi connectivity index (χ3n) is 4.85. The van der Waals surface area contributed by atoms with Crippen molar-refractivity contribution in [1.29, 1.82) is 0 Å². The zero-order valence-corrected chi connectivity index (χ0v) is 20.7. The number of hydrogen-bond acceptors (Lipinski definition) is 9. The Morgan fingerprint density at radius 2 is 1.86 bits per heavy atom. The molecule has 0 bridgehead atoms. The molecule has 0 saturated carbocycles. The SMILES string of the molecule is COC[C@H](C)Oc1ccc(C(=O)Nc2nccs2)c(Oc2ccc(-c3nnc(C(C)C)o3)cc2)c1. The van der Waals surface area contributed by atoms with Gasteiger partial charge in [-0.2, -0.15) is 0 Å². The number of thiazole rings is 1. The Bertz CT molecular complexity index is 1260. The average Bonchev–Trinajstić information content (AvgIpc) is 3.52. The number of ether oxygens (including phenoxy) is 3. The molecule has 2 aromatic carbocycles. The Morgan fingerprint density at radius 3 is 2.51 bits per heavy atom. The molecule has 0 aliphatic rings. The molecule has 4 aromatic rings. The molecular formula is C25H26N4O5S. The molecule has 35 heavy (non-hydrogen) atoms. The fourth-order valence-corrected chi connectivity index (χ4v) is 3.70. The molecule has 1 amide bonds. The molecule has 1 atom stereocenters. The summed E-state index contributed by atoms with van der Waals surface area (Å²) < 4.78 is 22.9. The van der Waals surface area contributed by atoms with Crippen LogP contribution in [0.5, 0.6) is 17.2 Å². The van der Waals surface area contributed by atoms with E-state index < -0.39 is 0 Å². The molecule has 2 aromatic heterocycles. The largest absolute Gasteiger partial charge is 0.488 e. The van der Waals surface area contributed by atoms with Crippen molar-refractivity contribution < 1.29 is 23.4 Å². The fourth-order valence-electron chi connectivity index (χ4n) is 3.18. The molecule has 0 fully saturated rings. The van der Waals surface area contributed by atoms with Crippen LogP contribution in [0.25, 0.3) is 11.5 Å². The molecule has 0 aliphatic heterocycles. The Labute approximate surface area is 207 Å². The summed E-state index contributed by atoms with van der Waals surface area (Å²) >= 11 is 1.33. The van der Waals surface area contributed by atoms with E-state index in [0.717, 1.165) is 5.56 Å². The maximum atomic E-state index is 12.9. The van der Waals surface area contributed by atoms with Gasteiger partial charge < -0.3 is 18.6 Å². The van der Waals surface area contributed by atoms with E-state index in [0.29, 0.717) is 46.3 Å². The smallest absolute Gasteiger partial charge is 0.261 e. The zero-order chi connectivity index (χ0) is 24.8. The van der Waals surface area contributed by atoms with E-state index in [9.17, 15) is 4.79 Å². The van der Waals surface area contributed by atoms with Gasteiger partial charge in [-0.25, -0.2) is 4.98 Å². The van der Waals surface area contributed by atoms with Gasteiger partial charge >= 0.3 is 0 Å². The highest BCUT2D eigenvalue weighted by atomic mass is 32.1. The predicted octanol–water partition coefficient (Wildman–Crippen LogP) is 5.77. The number of carbonyl (C=O) groups is 1. The lowest BCUT2D eigenvalue weighted by Gasteiger charge is -2.16. The van der Waals surface area contributed by atoms with Crippen molar-refractivity contribution in [1.82, 2.24) is 15.2 Å². The summed E-state index contributed by atoms with van der Waals surface area (Å²) in [5, 5.41) is 13.3. The Kier molecular flexibility index (Phi) is 7.74. The molecular weight excluding hydrogens is 468 g/mol. The Hall–Kier alpha value is -3.76. The average molecular weight is 495 g/mol. The maximum absolute atomic E-state index is 12.9. The minimum absolute atomic E-state index is 0.147. The van der Waals surface area contributed by atoms with E-state index >= 15 is 0 Å². The van der Waals surface area contributed by atoms with Crippen molar-refractivity contribution >= 4 is 22.4 Å². The van der Waals surface area contributed by atoms with Crippen LogP contribution < -0.4 is 14.8 Å². The molecule has 0 aliphatic carbocycles. The standard InChI is InChI=1S/C25H26N4O5S/c1-15(2)23-28-29-24(34-23)17-5-7-18(8-6-17)33-21-13-19(32-16(3)14-31-4)9-10-20(21)22(30)27-25-26-11-12-35-25/h5-13,15-16H,14H2,1-4H3,(H,26,27,30)/t16-/m0/s1. The highest BCUT2D eigenvalue weighted by Crippen LogP contribution is 2.32. The van der Waals surface area contributed by atoms with Gasteiger partial charge in [0.25, 0.3) is 5.91 Å². The molecule has 182 valence electrons. The van der Waals surface area contributed by atoms with Crippen LogP contribution in [-0.4, -0.2) is 40.9 Å². The van der Waals surface area contributed by atoms with Crippen LogP contribution in [0, 0.1) is 0 Å². The maximum Gasteiger partial charge on any atom is 0.261 e. The topological polar surface area (TPSA) is 109 Å². The monoisotopic (exact) mass is 494 g/mol. The van der Waals surface area contributed by atoms with Gasteiger partial charge in [-0.15, -0.1) is 21.5 Å². The molecule has 0 unspecified atom stereocenters. The van der Waals surface area contributed by atoms with E-state index in [1.165, 1.54) is 11.3 Å². The second-order valence-corrected chi connectivity index (χ2v) is 8.95. The highest BCUT2D eigenvalue weighted by Gasteiger charge is 2.18. The van der Waals surface area contributed by atoms with Crippen molar-refractivity contribution in [3.8, 4) is 28.7 Å². The second kappa shape index (κ2) is 11.1. The predicted molar refractivity (Wildman–Crippen MR) is 132 cm³/mol. The van der Waals surface area contributed by atoms with Gasteiger partial charge in [0, 0.05) is 36.2 Å². The quantitative estimate of drug-likeness (QED) is 0.296. The molecule has 1 N–H and O–H groups in total. The number of anilines is 1. The summed E-state index contributed by atoms with van der Waals surface area (Å²) in [6.45, 7) is 6.31. The number of methoxy groups -OCH3 is 1. The second-order valence-electron chi connectivity index (χ2n) is 8.06. The van der Waals surface area contributed by atoms with Crippen LogP contribution in [0.4, 0.5) is 5.13 Å². The number of nitrogens with zero attached hydrogens (tertiary/aromatic N) is 3. The van der Waals surface area contributed by atoms with E-state index in [1.807, 2.05) is 32.9 Å². The normalized spacial score (nSPS) is 11.9. The number of aromatic nitrogens is 3. The summed E-state index contributed by atoms with van der Waals surface area (Å²) in [6, 6.07) is 12.3. The molecule has 0 spiro atoms. The number of carbonyl (C=O) groups excluding carboxylic acids is 1. The van der Waals surface area contributed by atoms with Crippen LogP contribution in [0.15, 0.2) is 58.5 Å². The van der Waals surface area contributed by atoms with E-state index in [2.05, 4.69) is 20.5 Å². The van der Waals surface area contributed by atoms with Gasteiger partial charge in [-0.05, 0) is 43.3 Å². The van der Waals surface area contributed by atoms with Gasteiger partial charge in [0.15, 0.2) is 5.13 Å². The number of amides is 1. The van der Waals surface area contributed by atoms with Gasteiger partial charge in [-0.3, -0.25) is 10.1 Å². The van der Waals surface area contributed by atoms with E-state index in [1.54, 1.807) is 49.0 Å². The molecule has 9 nitrogen and oxygen atoms in total. The third-order valence-corrected chi connectivity index (χ3v) is 5.54. The van der Waals surface area contributed by atoms with Crippen molar-refractivity contribution in [2.75, 3.05) is 19.0 Å². The van der Waals surface area contributed by atoms with Crippen LogP contribution in [0.3, 0.4) is 0 Å². The van der Waals surface area contributed by atoms with Gasteiger partial charge in [0.2, 0.25) is 11.8 Å². The van der Waals surface area contributed by atoms with Crippen LogP contribution in [-0.2, 0) is 4.74 Å². The van der Waals surface area contributed by atoms with Gasteiger partial charge in [0.1, 0.15) is 23.4 Å². The first-order valence-corrected chi connectivity index (χ1v) is 11.9. The minimum atomic E-state index is -0.338. The lowest BCUT2D eigenvalue weighted by molar-refractivity contribution is 0.0919. The third kappa shape index (κ3) is 6.23. The summed E-state index contributed by atoms with van der Waals surface area (Å²) in [4.78, 5) is 17.1. The minimum Gasteiger partial charge on any atom is -0.488 e. The molecule has 2 heterocycles. The van der Waals surface area contributed by atoms with E-state index in [4.69, 9.17) is 18.6 Å². The first-order chi connectivity index (χ1) is 16.9. The highest BCUT2D eigenvalue weighted by molar-refractivity contribution is 7.13. The van der Waals surface area contributed by atoms with Gasteiger partial charge in [-0.1, -0.05) is 13.8 Å². The van der Waals surface area contributed by atoms with Crippen LogP contribution in [0.2, 0.25) is 0 Å². The first kappa shape index (κ1) is 24.4. The lowest BCUT2D eigenvalue weighted by atomic mass is 10.1. The fraction of sp³-hybridized carbons (Fsp3) is 0.280. The van der Waals surface area contributed by atoms with Crippen molar-refractivity contribution in [3.63, 3.8) is 0 Å². The zero-order valence-electron chi connectivity index (χ0n) is 19.8. The van der Waals surface area contributed by atoms with Crippen LogP contribution in [0.1, 0.15) is 42.9 Å². The molecule has 10 heteroatoms. The summed E-state index contributed by atoms with van der Waals surface area (Å²) in [5.74, 6) is 2.25. The summed E-state index contributed by atoms with van der Waals surface area (Å²) in [5.41, 5.74) is 1.11. The number of rotatable bonds is 10. The first-order valence-electron chi connectivity index (χ1n) is 11.0. The number of hydrogen-bond donors (Lipinski definition) is 1. The summed E-state index contributed by atoms with van der Waals surface area (Å²) in [6.07, 6.45) is 1.45. The Balaban J connectivity index is 1.58. The molecule has 4 rings (SSSR count). The van der Waals surface area contributed by atoms with Crippen LogP contribution >= 0.6 is 11.3 Å². The number of nitrogens with one attached hydrogen (secondary N) is 1. The molecule has 0 radical (unpaired) electrons. The lowest BCUT2D eigenvalue weighted by Crippen LogP contribution is -2.18. The van der Waals surface area contributed by atoms with Crippen molar-refractivity contribution in [2.45, 2.75) is 32.8 Å². The van der Waals surface area contributed by atoms with E-state index in [-0.39, 0.29) is 17.9 Å². The molecule has 0 saturated heterocycles. The van der Waals surface area contributed by atoms with Gasteiger partial charge in [0.05, 0.1) is 12.2 Å². The number of benzene rings is 2. The summed E-state index contributed by atoms with van der Waals surface area (Å²) in [7, 11) is 1.61.